The number of carbonyl (C=O) groups excluding carboxylic acids is 2. The van der Waals surface area contributed by atoms with E-state index in [1.165, 1.54) is 40.8 Å². The van der Waals surface area contributed by atoms with E-state index in [2.05, 4.69) is 51.4 Å². The molecule has 2 heterocycles. The van der Waals surface area contributed by atoms with Gasteiger partial charge >= 0.3 is 0 Å². The molecule has 0 aliphatic carbocycles. The van der Waals surface area contributed by atoms with Crippen LogP contribution in [0, 0.1) is 0 Å². The maximum atomic E-state index is 12.1. The van der Waals surface area contributed by atoms with E-state index in [1.54, 1.807) is 6.08 Å². The Bertz CT molecular complexity index is 1320. The molecule has 0 unspecified atom stereocenters. The average molecular weight is 428 g/mol. The molecule has 4 aromatic rings. The van der Waals surface area contributed by atoms with Crippen LogP contribution in [0.5, 0.6) is 5.75 Å². The van der Waals surface area contributed by atoms with Gasteiger partial charge in [-0.25, -0.2) is 4.98 Å². The summed E-state index contributed by atoms with van der Waals surface area (Å²) in [6.45, 7) is 3.49. The summed E-state index contributed by atoms with van der Waals surface area (Å²) in [5.41, 5.74) is 3.26. The predicted molar refractivity (Wildman–Crippen MR) is 125 cm³/mol. The number of pyridine rings is 1. The lowest BCUT2D eigenvalue weighted by Crippen LogP contribution is -2.34. The van der Waals surface area contributed by atoms with Crippen LogP contribution in [0.25, 0.3) is 27.9 Å². The molecule has 32 heavy (non-hydrogen) atoms. The fourth-order valence-corrected chi connectivity index (χ4v) is 3.76. The van der Waals surface area contributed by atoms with Gasteiger partial charge in [0.25, 0.3) is 5.91 Å². The Morgan fingerprint density at radius 3 is 2.59 bits per heavy atom. The molecule has 0 saturated carbocycles. The van der Waals surface area contributed by atoms with Crippen molar-refractivity contribution >= 4 is 39.7 Å². The van der Waals surface area contributed by atoms with E-state index in [4.69, 9.17) is 0 Å². The van der Waals surface area contributed by atoms with Crippen LogP contribution in [-0.4, -0.2) is 39.6 Å². The third-order valence-corrected chi connectivity index (χ3v) is 5.25. The van der Waals surface area contributed by atoms with Gasteiger partial charge in [-0.05, 0) is 48.9 Å². The van der Waals surface area contributed by atoms with Crippen molar-refractivity contribution in [2.45, 2.75) is 13.5 Å². The fraction of sp³-hybridized carbons (Fsp3) is 0.160. The molecule has 162 valence electrons. The van der Waals surface area contributed by atoms with Crippen LogP contribution in [-0.2, 0) is 11.3 Å². The predicted octanol–water partition coefficient (Wildman–Crippen LogP) is 3.47. The topological polar surface area (TPSA) is 96.3 Å². The quantitative estimate of drug-likeness (QED) is 0.310. The van der Waals surface area contributed by atoms with E-state index in [0.717, 1.165) is 17.5 Å². The van der Waals surface area contributed by atoms with E-state index in [1.807, 2.05) is 18.2 Å². The van der Waals surface area contributed by atoms with Gasteiger partial charge in [0.2, 0.25) is 5.91 Å². The minimum Gasteiger partial charge on any atom is -0.505 e. The molecule has 0 saturated heterocycles. The lowest BCUT2D eigenvalue weighted by Gasteiger charge is -2.06. The molecule has 2 amide bonds. The Kier molecular flexibility index (Phi) is 6.17. The summed E-state index contributed by atoms with van der Waals surface area (Å²) < 4.78 is 2.28. The first-order chi connectivity index (χ1) is 15.6. The molecular formula is C25H24N4O3. The van der Waals surface area contributed by atoms with Crippen molar-refractivity contribution in [1.29, 1.82) is 0 Å². The molecule has 0 atom stereocenters. The summed E-state index contributed by atoms with van der Waals surface area (Å²) >= 11 is 0. The van der Waals surface area contributed by atoms with E-state index in [-0.39, 0.29) is 30.4 Å². The van der Waals surface area contributed by atoms with Crippen LogP contribution in [0.4, 0.5) is 0 Å². The van der Waals surface area contributed by atoms with Crippen LogP contribution in [0.1, 0.15) is 23.0 Å². The van der Waals surface area contributed by atoms with Gasteiger partial charge < -0.3 is 20.3 Å². The second kappa shape index (κ2) is 9.34. The Morgan fingerprint density at radius 2 is 1.78 bits per heavy atom. The van der Waals surface area contributed by atoms with Crippen molar-refractivity contribution in [3.8, 4) is 5.75 Å². The van der Waals surface area contributed by atoms with Crippen molar-refractivity contribution in [1.82, 2.24) is 20.2 Å². The molecule has 7 nitrogen and oxygen atoms in total. The van der Waals surface area contributed by atoms with Crippen molar-refractivity contribution < 1.29 is 14.7 Å². The molecule has 0 aliphatic rings. The smallest absolute Gasteiger partial charge is 0.273 e. The molecule has 4 rings (SSSR count). The third-order valence-electron chi connectivity index (χ3n) is 5.25. The highest BCUT2D eigenvalue weighted by atomic mass is 16.3. The molecule has 0 aliphatic heterocycles. The molecule has 7 heteroatoms. The summed E-state index contributed by atoms with van der Waals surface area (Å²) in [6, 6.07) is 17.4. The lowest BCUT2D eigenvalue weighted by molar-refractivity contribution is -0.116. The van der Waals surface area contributed by atoms with Gasteiger partial charge in [-0.15, -0.1) is 0 Å². The minimum absolute atomic E-state index is 0.0430. The van der Waals surface area contributed by atoms with Crippen LogP contribution in [0.2, 0.25) is 0 Å². The number of fused-ring (bicyclic) bond motifs is 3. The van der Waals surface area contributed by atoms with Crippen LogP contribution in [0.15, 0.2) is 66.9 Å². The molecule has 2 aromatic heterocycles. The summed E-state index contributed by atoms with van der Waals surface area (Å²) in [5.74, 6) is -0.931. The van der Waals surface area contributed by atoms with E-state index in [0.29, 0.717) is 0 Å². The van der Waals surface area contributed by atoms with E-state index >= 15 is 0 Å². The highest BCUT2D eigenvalue weighted by Crippen LogP contribution is 2.29. The normalized spacial score (nSPS) is 11.3. The highest BCUT2D eigenvalue weighted by Gasteiger charge is 2.11. The largest absolute Gasteiger partial charge is 0.505 e. The molecule has 0 bridgehead atoms. The minimum atomic E-state index is -0.493. The average Bonchev–Trinajstić information content (AvgIpc) is 3.13. The van der Waals surface area contributed by atoms with Crippen molar-refractivity contribution in [3.05, 3.63) is 78.1 Å². The number of amides is 2. The third kappa shape index (κ3) is 4.32. The number of nitrogens with zero attached hydrogens (tertiary/aromatic N) is 2. The van der Waals surface area contributed by atoms with Gasteiger partial charge in [-0.3, -0.25) is 9.59 Å². The monoisotopic (exact) mass is 428 g/mol. The number of para-hydroxylation sites is 1. The standard InChI is InChI=1S/C25H24N4O3/c1-2-29-20-7-4-3-6-18(20)19-16-17(9-11-21(19)29)10-12-23(31)26-14-15-28-25(32)24-22(30)8-5-13-27-24/h3-13,16,30H,2,14-15H2,1H3,(H,26,31)(H,28,32)/b12-10+. The number of hydrogen-bond donors (Lipinski definition) is 3. The Hall–Kier alpha value is -4.13. The Morgan fingerprint density at radius 1 is 1.00 bits per heavy atom. The molecule has 3 N–H and O–H groups in total. The Labute approximate surface area is 185 Å². The number of aromatic hydroxyl groups is 1. The van der Waals surface area contributed by atoms with Gasteiger partial charge in [0.15, 0.2) is 5.69 Å². The summed E-state index contributed by atoms with van der Waals surface area (Å²) in [6.07, 6.45) is 4.68. The lowest BCUT2D eigenvalue weighted by atomic mass is 10.1. The molecule has 0 fully saturated rings. The molecule has 2 aromatic carbocycles. The number of aromatic nitrogens is 2. The maximum Gasteiger partial charge on any atom is 0.273 e. The first-order valence-electron chi connectivity index (χ1n) is 10.5. The zero-order chi connectivity index (χ0) is 22.5. The van der Waals surface area contributed by atoms with Gasteiger partial charge in [-0.1, -0.05) is 24.3 Å². The summed E-state index contributed by atoms with van der Waals surface area (Å²) in [7, 11) is 0. The number of rotatable bonds is 7. The van der Waals surface area contributed by atoms with Crippen molar-refractivity contribution in [3.63, 3.8) is 0 Å². The number of benzene rings is 2. The number of carbonyl (C=O) groups is 2. The highest BCUT2D eigenvalue weighted by molar-refractivity contribution is 6.08. The van der Waals surface area contributed by atoms with Gasteiger partial charge in [0.1, 0.15) is 5.75 Å². The van der Waals surface area contributed by atoms with E-state index in [9.17, 15) is 14.7 Å². The fourth-order valence-electron chi connectivity index (χ4n) is 3.76. The van der Waals surface area contributed by atoms with Crippen molar-refractivity contribution in [2.24, 2.45) is 0 Å². The second-order valence-electron chi connectivity index (χ2n) is 7.29. The number of nitrogens with one attached hydrogen (secondary N) is 2. The first kappa shape index (κ1) is 21.1. The zero-order valence-corrected chi connectivity index (χ0v) is 17.7. The Balaban J connectivity index is 1.36. The van der Waals surface area contributed by atoms with E-state index < -0.39 is 5.91 Å². The van der Waals surface area contributed by atoms with Crippen LogP contribution >= 0.6 is 0 Å². The zero-order valence-electron chi connectivity index (χ0n) is 17.7. The number of aryl methyl sites for hydroxylation is 1. The maximum absolute atomic E-state index is 12.1. The summed E-state index contributed by atoms with van der Waals surface area (Å²) in [5, 5.41) is 17.3. The molecule has 0 radical (unpaired) electrons. The second-order valence-corrected chi connectivity index (χ2v) is 7.29. The van der Waals surface area contributed by atoms with Gasteiger partial charge in [-0.2, -0.15) is 0 Å². The van der Waals surface area contributed by atoms with Crippen LogP contribution < -0.4 is 10.6 Å². The first-order valence-corrected chi connectivity index (χ1v) is 10.5. The summed E-state index contributed by atoms with van der Waals surface area (Å²) in [4.78, 5) is 28.0. The number of hydrogen-bond acceptors (Lipinski definition) is 4. The van der Waals surface area contributed by atoms with Gasteiger partial charge in [0, 0.05) is 53.7 Å². The van der Waals surface area contributed by atoms with Crippen LogP contribution in [0.3, 0.4) is 0 Å². The molecule has 0 spiro atoms. The van der Waals surface area contributed by atoms with Crippen molar-refractivity contribution in [2.75, 3.05) is 13.1 Å². The van der Waals surface area contributed by atoms with Gasteiger partial charge in [0.05, 0.1) is 0 Å². The SMILES string of the molecule is CCn1c2ccccc2c2cc(/C=C/C(=O)NCCNC(=O)c3ncccc3O)ccc21. The molecular weight excluding hydrogens is 404 g/mol.